The van der Waals surface area contributed by atoms with Crippen molar-refractivity contribution < 1.29 is 29.3 Å². The number of hydrogen-bond acceptors (Lipinski definition) is 6. The molecule has 6 heteroatoms. The third-order valence-corrected chi connectivity index (χ3v) is 4.07. The lowest BCUT2D eigenvalue weighted by Gasteiger charge is -2.30. The minimum absolute atomic E-state index is 0.0696. The molecule has 1 aromatic carbocycles. The van der Waals surface area contributed by atoms with Crippen molar-refractivity contribution >= 4 is 11.8 Å². The van der Waals surface area contributed by atoms with Crippen LogP contribution in [0.25, 0.3) is 0 Å². The molecule has 1 aliphatic carbocycles. The van der Waals surface area contributed by atoms with Crippen LogP contribution >= 0.6 is 0 Å². The van der Waals surface area contributed by atoms with Gasteiger partial charge in [0.2, 0.25) is 11.4 Å². The Morgan fingerprint density at radius 2 is 2.20 bits per heavy atom. The number of ketones is 1. The number of hydrogen-bond donors (Lipinski definition) is 2. The van der Waals surface area contributed by atoms with Crippen LogP contribution in [-0.4, -0.2) is 40.8 Å². The van der Waals surface area contributed by atoms with E-state index in [-0.39, 0.29) is 23.5 Å². The van der Waals surface area contributed by atoms with Gasteiger partial charge in [0.15, 0.2) is 0 Å². The second-order valence-corrected chi connectivity index (χ2v) is 5.07. The number of phenols is 1. The maximum atomic E-state index is 12.6. The lowest BCUT2D eigenvalue weighted by atomic mass is 9.84. The molecule has 0 saturated heterocycles. The number of methoxy groups -OCH3 is 1. The first-order valence-corrected chi connectivity index (χ1v) is 6.33. The van der Waals surface area contributed by atoms with Crippen molar-refractivity contribution in [1.82, 2.24) is 0 Å². The molecular weight excluding hydrogens is 264 g/mol. The summed E-state index contributed by atoms with van der Waals surface area (Å²) in [6, 6.07) is 4.13. The number of ether oxygens (including phenoxy) is 2. The Morgan fingerprint density at radius 1 is 1.45 bits per heavy atom. The smallest absolute Gasteiger partial charge is 0.313 e. The van der Waals surface area contributed by atoms with Gasteiger partial charge in [0, 0.05) is 0 Å². The van der Waals surface area contributed by atoms with E-state index in [2.05, 4.69) is 0 Å². The first-order valence-electron chi connectivity index (χ1n) is 6.33. The van der Waals surface area contributed by atoms with Crippen LogP contribution in [0.15, 0.2) is 18.2 Å². The van der Waals surface area contributed by atoms with E-state index in [0.29, 0.717) is 6.42 Å². The first kappa shape index (κ1) is 12.9. The van der Waals surface area contributed by atoms with Gasteiger partial charge in [-0.05, 0) is 31.0 Å². The molecule has 2 N–H and O–H groups in total. The maximum absolute atomic E-state index is 12.6. The van der Waals surface area contributed by atoms with Crippen LogP contribution in [0.2, 0.25) is 0 Å². The van der Waals surface area contributed by atoms with Gasteiger partial charge in [0.1, 0.15) is 23.5 Å². The van der Waals surface area contributed by atoms with E-state index >= 15 is 0 Å². The number of carbonyl (C=O) groups excluding carboxylic acids is 2. The Hall–Kier alpha value is -2.08. The van der Waals surface area contributed by atoms with Gasteiger partial charge in [-0.15, -0.1) is 0 Å². The number of benzene rings is 1. The molecule has 1 aromatic rings. The SMILES string of the molecule is COC(=O)C1CCC(O)C12Oc1ccc(O)cc1C2=O. The summed E-state index contributed by atoms with van der Waals surface area (Å²) >= 11 is 0. The van der Waals surface area contributed by atoms with E-state index in [0.717, 1.165) is 0 Å². The molecule has 0 radical (unpaired) electrons. The number of esters is 1. The third kappa shape index (κ3) is 1.48. The molecule has 1 saturated carbocycles. The summed E-state index contributed by atoms with van der Waals surface area (Å²) in [5.74, 6) is -1.71. The second kappa shape index (κ2) is 4.21. The van der Waals surface area contributed by atoms with E-state index < -0.39 is 29.4 Å². The molecule has 3 atom stereocenters. The van der Waals surface area contributed by atoms with Crippen LogP contribution in [0.3, 0.4) is 0 Å². The average Bonchev–Trinajstić information content (AvgIpc) is 2.91. The zero-order valence-corrected chi connectivity index (χ0v) is 10.8. The maximum Gasteiger partial charge on any atom is 0.313 e. The molecule has 1 heterocycles. The number of phenolic OH excluding ortho intramolecular Hbond substituents is 1. The van der Waals surface area contributed by atoms with Crippen molar-refractivity contribution in [2.75, 3.05) is 7.11 Å². The van der Waals surface area contributed by atoms with Crippen LogP contribution in [-0.2, 0) is 9.53 Å². The molecule has 1 spiro atoms. The summed E-state index contributed by atoms with van der Waals surface area (Å²) in [6.45, 7) is 0. The summed E-state index contributed by atoms with van der Waals surface area (Å²) < 4.78 is 10.4. The van der Waals surface area contributed by atoms with E-state index in [9.17, 15) is 19.8 Å². The highest BCUT2D eigenvalue weighted by Gasteiger charge is 2.64. The van der Waals surface area contributed by atoms with Crippen molar-refractivity contribution in [3.63, 3.8) is 0 Å². The van der Waals surface area contributed by atoms with Gasteiger partial charge in [-0.1, -0.05) is 0 Å². The van der Waals surface area contributed by atoms with E-state index in [4.69, 9.17) is 9.47 Å². The van der Waals surface area contributed by atoms with Crippen LogP contribution < -0.4 is 4.74 Å². The average molecular weight is 278 g/mol. The number of aliphatic hydroxyl groups excluding tert-OH is 1. The molecule has 0 bridgehead atoms. The predicted molar refractivity (Wildman–Crippen MR) is 66.5 cm³/mol. The molecule has 3 rings (SSSR count). The Bertz CT molecular complexity index is 595. The number of Topliss-reactive ketones (excluding diaryl/α,β-unsaturated/α-hetero) is 1. The fourth-order valence-electron chi connectivity index (χ4n) is 3.09. The summed E-state index contributed by atoms with van der Waals surface area (Å²) in [5.41, 5.74) is -1.44. The number of carbonyl (C=O) groups is 2. The largest absolute Gasteiger partial charge is 0.508 e. The summed E-state index contributed by atoms with van der Waals surface area (Å²) in [4.78, 5) is 24.5. The highest BCUT2D eigenvalue weighted by molar-refractivity contribution is 6.10. The molecule has 1 aliphatic heterocycles. The number of aromatic hydroxyl groups is 1. The minimum atomic E-state index is -1.62. The molecule has 106 valence electrons. The molecular formula is C14H14O6. The van der Waals surface area contributed by atoms with Gasteiger partial charge in [-0.2, -0.15) is 0 Å². The molecule has 2 aliphatic rings. The fraction of sp³-hybridized carbons (Fsp3) is 0.429. The summed E-state index contributed by atoms with van der Waals surface area (Å²) in [5, 5.41) is 19.7. The minimum Gasteiger partial charge on any atom is -0.508 e. The van der Waals surface area contributed by atoms with Crippen molar-refractivity contribution in [1.29, 1.82) is 0 Å². The second-order valence-electron chi connectivity index (χ2n) is 5.07. The molecule has 0 aromatic heterocycles. The highest BCUT2D eigenvalue weighted by Crippen LogP contribution is 2.48. The monoisotopic (exact) mass is 278 g/mol. The molecule has 1 fully saturated rings. The van der Waals surface area contributed by atoms with E-state index in [1.165, 1.54) is 25.3 Å². The normalized spacial score (nSPS) is 31.2. The van der Waals surface area contributed by atoms with Gasteiger partial charge in [0.05, 0.1) is 12.7 Å². The Balaban J connectivity index is 2.09. The highest BCUT2D eigenvalue weighted by atomic mass is 16.5. The Labute approximate surface area is 114 Å². The van der Waals surface area contributed by atoms with Crippen molar-refractivity contribution in [2.24, 2.45) is 5.92 Å². The predicted octanol–water partition coefficient (Wildman–Crippen LogP) is 0.650. The van der Waals surface area contributed by atoms with Gasteiger partial charge < -0.3 is 19.7 Å². The van der Waals surface area contributed by atoms with Gasteiger partial charge in [-0.3, -0.25) is 9.59 Å². The van der Waals surface area contributed by atoms with Crippen molar-refractivity contribution in [2.45, 2.75) is 24.5 Å². The third-order valence-electron chi connectivity index (χ3n) is 4.07. The molecule has 0 amide bonds. The number of fused-ring (bicyclic) bond motifs is 1. The van der Waals surface area contributed by atoms with Crippen LogP contribution in [0.4, 0.5) is 0 Å². The van der Waals surface area contributed by atoms with Gasteiger partial charge in [0.25, 0.3) is 0 Å². The number of rotatable bonds is 1. The van der Waals surface area contributed by atoms with E-state index in [1.807, 2.05) is 0 Å². The lowest BCUT2D eigenvalue weighted by molar-refractivity contribution is -0.152. The standard InChI is InChI=1S/C14H14O6/c1-19-13(18)9-3-5-11(16)14(9)12(17)8-6-7(15)2-4-10(8)20-14/h2,4,6,9,11,15-16H,3,5H2,1H3. The zero-order valence-electron chi connectivity index (χ0n) is 10.8. The Kier molecular flexibility index (Phi) is 2.72. The first-order chi connectivity index (χ1) is 9.50. The van der Waals surface area contributed by atoms with Crippen molar-refractivity contribution in [3.05, 3.63) is 23.8 Å². The zero-order chi connectivity index (χ0) is 14.5. The van der Waals surface area contributed by atoms with Crippen LogP contribution in [0.5, 0.6) is 11.5 Å². The van der Waals surface area contributed by atoms with E-state index in [1.54, 1.807) is 0 Å². The molecule has 3 unspecified atom stereocenters. The Morgan fingerprint density at radius 3 is 2.90 bits per heavy atom. The van der Waals surface area contributed by atoms with Crippen molar-refractivity contribution in [3.8, 4) is 11.5 Å². The summed E-state index contributed by atoms with van der Waals surface area (Å²) in [6.07, 6.45) is -0.473. The summed E-state index contributed by atoms with van der Waals surface area (Å²) in [7, 11) is 1.24. The van der Waals surface area contributed by atoms with Gasteiger partial charge in [-0.25, -0.2) is 0 Å². The topological polar surface area (TPSA) is 93.1 Å². The molecule has 20 heavy (non-hydrogen) atoms. The van der Waals surface area contributed by atoms with Crippen LogP contribution in [0.1, 0.15) is 23.2 Å². The van der Waals surface area contributed by atoms with Crippen LogP contribution in [0, 0.1) is 5.92 Å². The fourth-order valence-corrected chi connectivity index (χ4v) is 3.09. The lowest BCUT2D eigenvalue weighted by Crippen LogP contribution is -2.54. The van der Waals surface area contributed by atoms with Gasteiger partial charge >= 0.3 is 5.97 Å². The quantitative estimate of drug-likeness (QED) is 0.733. The number of aliphatic hydroxyl groups is 1. The molecule has 6 nitrogen and oxygen atoms in total.